The molecule has 0 aromatic carbocycles. The minimum absolute atomic E-state index is 1.05. The van der Waals surface area contributed by atoms with E-state index in [9.17, 15) is 0 Å². The zero-order chi connectivity index (χ0) is 15.1. The number of nitrogens with one attached hydrogen (secondary N) is 2. The number of hydrogen-bond acceptors (Lipinski definition) is 4. The van der Waals surface area contributed by atoms with Crippen molar-refractivity contribution in [1.29, 1.82) is 0 Å². The van der Waals surface area contributed by atoms with E-state index >= 15 is 0 Å². The summed E-state index contributed by atoms with van der Waals surface area (Å²) < 4.78 is 0. The third kappa shape index (κ3) is 4.83. The molecule has 0 saturated carbocycles. The lowest BCUT2D eigenvalue weighted by atomic mass is 10.1. The minimum Gasteiger partial charge on any atom is -0.383 e. The van der Waals surface area contributed by atoms with Gasteiger partial charge in [-0.3, -0.25) is 4.98 Å². The predicted molar refractivity (Wildman–Crippen MR) is 92.5 cm³/mol. The highest BCUT2D eigenvalue weighted by Crippen LogP contribution is 2.21. The summed E-state index contributed by atoms with van der Waals surface area (Å²) >= 11 is 1.91. The van der Waals surface area contributed by atoms with Crippen LogP contribution in [0, 0.1) is 13.8 Å². The van der Waals surface area contributed by atoms with Crippen molar-refractivity contribution in [3.63, 3.8) is 0 Å². The second-order valence-electron chi connectivity index (χ2n) is 5.32. The highest BCUT2D eigenvalue weighted by Gasteiger charge is 2.07. The van der Waals surface area contributed by atoms with E-state index in [4.69, 9.17) is 0 Å². The molecular weight excluding hydrogens is 278 g/mol. The van der Waals surface area contributed by atoms with Gasteiger partial charge in [0.15, 0.2) is 0 Å². The third-order valence-corrected chi connectivity index (χ3v) is 4.59. The first-order chi connectivity index (χ1) is 10.2. The Hall–Kier alpha value is -1.39. The molecule has 0 spiro atoms. The van der Waals surface area contributed by atoms with Crippen LogP contribution in [0.25, 0.3) is 0 Å². The van der Waals surface area contributed by atoms with Gasteiger partial charge in [-0.1, -0.05) is 0 Å². The number of hydrogen-bond donors (Lipinski definition) is 2. The number of fused-ring (bicyclic) bond motifs is 1. The average Bonchev–Trinajstić information content (AvgIpc) is 3.06. The van der Waals surface area contributed by atoms with E-state index in [1.807, 2.05) is 30.6 Å². The van der Waals surface area contributed by atoms with Gasteiger partial charge in [-0.05, 0) is 64.0 Å². The molecule has 0 bridgehead atoms. The number of pyridine rings is 1. The van der Waals surface area contributed by atoms with Crippen LogP contribution in [0.3, 0.4) is 0 Å². The molecule has 0 radical (unpaired) electrons. The summed E-state index contributed by atoms with van der Waals surface area (Å²) in [6.07, 6.45) is 5.38. The number of thiophene rings is 1. The largest absolute Gasteiger partial charge is 0.383 e. The summed E-state index contributed by atoms with van der Waals surface area (Å²) in [5.74, 6) is 0. The Morgan fingerprint density at radius 1 is 1.38 bits per heavy atom. The van der Waals surface area contributed by atoms with Gasteiger partial charge in [-0.25, -0.2) is 0 Å². The van der Waals surface area contributed by atoms with Crippen LogP contribution in [0.5, 0.6) is 0 Å². The van der Waals surface area contributed by atoms with Crippen LogP contribution < -0.4 is 10.6 Å². The van der Waals surface area contributed by atoms with Gasteiger partial charge in [-0.15, -0.1) is 11.3 Å². The van der Waals surface area contributed by atoms with E-state index in [-0.39, 0.29) is 0 Å². The monoisotopic (exact) mass is 303 g/mol. The van der Waals surface area contributed by atoms with Crippen molar-refractivity contribution in [1.82, 2.24) is 10.3 Å². The molecule has 3 rings (SSSR count). The molecule has 3 heterocycles. The van der Waals surface area contributed by atoms with Gasteiger partial charge in [0.2, 0.25) is 0 Å². The molecule has 0 amide bonds. The van der Waals surface area contributed by atoms with Gasteiger partial charge in [0.05, 0.1) is 11.4 Å². The first-order valence-corrected chi connectivity index (χ1v) is 8.40. The van der Waals surface area contributed by atoms with E-state index in [1.54, 1.807) is 0 Å². The smallest absolute Gasteiger partial charge is 0.0652 e. The fourth-order valence-corrected chi connectivity index (χ4v) is 3.48. The quantitative estimate of drug-likeness (QED) is 0.848. The lowest BCUT2D eigenvalue weighted by Gasteiger charge is -1.98. The van der Waals surface area contributed by atoms with Crippen molar-refractivity contribution in [2.24, 2.45) is 0 Å². The molecule has 2 aromatic heterocycles. The van der Waals surface area contributed by atoms with Crippen LogP contribution >= 0.6 is 11.3 Å². The van der Waals surface area contributed by atoms with Gasteiger partial charge in [0, 0.05) is 28.9 Å². The summed E-state index contributed by atoms with van der Waals surface area (Å²) in [6, 6.07) is 6.34. The van der Waals surface area contributed by atoms with Crippen molar-refractivity contribution in [2.75, 3.05) is 25.5 Å². The first kappa shape index (κ1) is 16.0. The zero-order valence-corrected chi connectivity index (χ0v) is 14.0. The minimum atomic E-state index is 1.05. The maximum Gasteiger partial charge on any atom is 0.0652 e. The van der Waals surface area contributed by atoms with Crippen molar-refractivity contribution in [2.45, 2.75) is 33.1 Å². The van der Waals surface area contributed by atoms with Crippen LogP contribution in [-0.2, 0) is 12.8 Å². The van der Waals surface area contributed by atoms with Crippen LogP contribution in [0.15, 0.2) is 24.4 Å². The Morgan fingerprint density at radius 2 is 2.24 bits per heavy atom. The lowest BCUT2D eigenvalue weighted by molar-refractivity contribution is 0.724. The molecule has 3 nitrogen and oxygen atoms in total. The van der Waals surface area contributed by atoms with E-state index in [1.165, 1.54) is 39.5 Å². The third-order valence-electron chi connectivity index (χ3n) is 3.58. The molecule has 0 unspecified atom stereocenters. The van der Waals surface area contributed by atoms with Crippen molar-refractivity contribution in [3.8, 4) is 0 Å². The Bertz CT molecular complexity index is 540. The van der Waals surface area contributed by atoms with Crippen molar-refractivity contribution in [3.05, 3.63) is 45.4 Å². The summed E-state index contributed by atoms with van der Waals surface area (Å²) in [7, 11) is 2.01. The number of nitrogens with zero attached hydrogens (tertiary/aromatic N) is 1. The number of rotatable bonds is 4. The van der Waals surface area contributed by atoms with E-state index < -0.39 is 0 Å². The summed E-state index contributed by atoms with van der Waals surface area (Å²) in [6.45, 7) is 6.56. The number of aryl methyl sites for hydroxylation is 3. The highest BCUT2D eigenvalue weighted by molar-refractivity contribution is 7.12. The zero-order valence-electron chi connectivity index (χ0n) is 13.2. The first-order valence-electron chi connectivity index (χ1n) is 7.59. The maximum atomic E-state index is 4.20. The average molecular weight is 303 g/mol. The maximum absolute atomic E-state index is 4.20. The highest BCUT2D eigenvalue weighted by atomic mass is 32.1. The molecule has 21 heavy (non-hydrogen) atoms. The summed E-state index contributed by atoms with van der Waals surface area (Å²) in [5.41, 5.74) is 3.95. The topological polar surface area (TPSA) is 37.0 Å². The second kappa shape index (κ2) is 8.15. The Balaban J connectivity index is 0.000000159. The molecule has 0 atom stereocenters. The van der Waals surface area contributed by atoms with Crippen LogP contribution in [0.1, 0.15) is 27.4 Å². The second-order valence-corrected chi connectivity index (χ2v) is 6.78. The standard InChI is InChI=1S/C10H17NS.C7H8N2/c1-8-7-10(9(2)12-8)5-4-6-11-3;1-2-6-7(8-4-1)3-5-9-6/h7,11H,4-6H2,1-3H3;1-2,4,9H,3,5H2. The Kier molecular flexibility index (Phi) is 6.21. The van der Waals surface area contributed by atoms with E-state index in [0.29, 0.717) is 0 Å². The van der Waals surface area contributed by atoms with Crippen LogP contribution in [-0.4, -0.2) is 25.1 Å². The molecular formula is C17H25N3S. The fraction of sp³-hybridized carbons (Fsp3) is 0.471. The van der Waals surface area contributed by atoms with Gasteiger partial charge in [0.1, 0.15) is 0 Å². The molecule has 0 fully saturated rings. The van der Waals surface area contributed by atoms with Crippen LogP contribution in [0.2, 0.25) is 0 Å². The van der Waals surface area contributed by atoms with Gasteiger partial charge >= 0.3 is 0 Å². The SMILES string of the molecule is CNCCCc1cc(C)sc1C.c1cnc2c(c1)NCC2. The molecule has 1 aliphatic rings. The van der Waals surface area contributed by atoms with Gasteiger partial charge in [-0.2, -0.15) is 0 Å². The fourth-order valence-electron chi connectivity index (χ4n) is 2.50. The number of anilines is 1. The van der Waals surface area contributed by atoms with E-state index in [0.717, 1.165) is 19.5 Å². The summed E-state index contributed by atoms with van der Waals surface area (Å²) in [4.78, 5) is 7.12. The van der Waals surface area contributed by atoms with Crippen LogP contribution in [0.4, 0.5) is 5.69 Å². The van der Waals surface area contributed by atoms with Gasteiger partial charge < -0.3 is 10.6 Å². The Labute approximate surface area is 131 Å². The molecule has 114 valence electrons. The molecule has 4 heteroatoms. The number of aromatic nitrogens is 1. The summed E-state index contributed by atoms with van der Waals surface area (Å²) in [5, 5.41) is 6.41. The molecule has 0 saturated heterocycles. The molecule has 2 aromatic rings. The van der Waals surface area contributed by atoms with Gasteiger partial charge in [0.25, 0.3) is 0 Å². The predicted octanol–water partition coefficient (Wildman–Crippen LogP) is 3.57. The van der Waals surface area contributed by atoms with Crippen molar-refractivity contribution >= 4 is 17.0 Å². The normalized spacial score (nSPS) is 12.3. The molecule has 2 N–H and O–H groups in total. The lowest BCUT2D eigenvalue weighted by Crippen LogP contribution is -2.08. The van der Waals surface area contributed by atoms with Crippen molar-refractivity contribution < 1.29 is 0 Å². The molecule has 0 aliphatic carbocycles. The Morgan fingerprint density at radius 3 is 2.90 bits per heavy atom. The molecule has 1 aliphatic heterocycles. The van der Waals surface area contributed by atoms with E-state index in [2.05, 4.69) is 41.6 Å².